The monoisotopic (exact) mass is 350 g/mol. The van der Waals surface area contributed by atoms with Crippen molar-refractivity contribution in [2.75, 3.05) is 31.6 Å². The number of nitrogens with zero attached hydrogens (tertiary/aromatic N) is 2. The minimum atomic E-state index is 0.184. The maximum Gasteiger partial charge on any atom is 0.242 e. The van der Waals surface area contributed by atoms with Crippen LogP contribution >= 0.6 is 0 Å². The number of anilines is 1. The number of carbonyl (C=O) groups excluding carboxylic acids is 1. The van der Waals surface area contributed by atoms with E-state index in [1.165, 1.54) is 16.8 Å². The van der Waals surface area contributed by atoms with Crippen molar-refractivity contribution in [2.45, 2.75) is 31.7 Å². The fourth-order valence-corrected chi connectivity index (χ4v) is 4.36. The van der Waals surface area contributed by atoms with Gasteiger partial charge in [0.25, 0.3) is 0 Å². The Morgan fingerprint density at radius 3 is 2.69 bits per heavy atom. The van der Waals surface area contributed by atoms with Crippen LogP contribution in [-0.4, -0.2) is 37.6 Å². The number of hydrogen-bond donors (Lipinski definition) is 0. The van der Waals surface area contributed by atoms with Gasteiger partial charge in [-0.15, -0.1) is 0 Å². The van der Waals surface area contributed by atoms with Gasteiger partial charge in [-0.2, -0.15) is 0 Å². The molecule has 2 aliphatic rings. The smallest absolute Gasteiger partial charge is 0.242 e. The van der Waals surface area contributed by atoms with Gasteiger partial charge in [0.15, 0.2) is 0 Å². The number of amides is 1. The molecule has 0 spiro atoms. The van der Waals surface area contributed by atoms with E-state index in [-0.39, 0.29) is 11.9 Å². The number of fused-ring (bicyclic) bond motifs is 1. The maximum atomic E-state index is 13.1. The lowest BCUT2D eigenvalue weighted by molar-refractivity contribution is -0.130. The molecule has 0 N–H and O–H groups in total. The number of likely N-dealkylation sites (tertiary alicyclic amines) is 1. The van der Waals surface area contributed by atoms with Crippen LogP contribution in [-0.2, 0) is 4.79 Å². The topological polar surface area (TPSA) is 32.8 Å². The van der Waals surface area contributed by atoms with Crippen LogP contribution in [0.25, 0.3) is 0 Å². The van der Waals surface area contributed by atoms with E-state index < -0.39 is 0 Å². The van der Waals surface area contributed by atoms with Gasteiger partial charge in [0.2, 0.25) is 5.91 Å². The number of hydrogen-bond acceptors (Lipinski definition) is 3. The van der Waals surface area contributed by atoms with Crippen molar-refractivity contribution in [1.82, 2.24) is 4.90 Å². The molecular formula is C22H26N2O2. The normalized spacial score (nSPS) is 21.8. The summed E-state index contributed by atoms with van der Waals surface area (Å²) in [7, 11) is 1.68. The van der Waals surface area contributed by atoms with Gasteiger partial charge in [0, 0.05) is 24.7 Å². The van der Waals surface area contributed by atoms with Crippen LogP contribution in [0.2, 0.25) is 0 Å². The van der Waals surface area contributed by atoms with E-state index in [2.05, 4.69) is 53.1 Å². The fraction of sp³-hybridized carbons (Fsp3) is 0.409. The zero-order valence-corrected chi connectivity index (χ0v) is 15.5. The minimum absolute atomic E-state index is 0.184. The molecule has 136 valence electrons. The van der Waals surface area contributed by atoms with Gasteiger partial charge in [0.1, 0.15) is 5.75 Å². The molecule has 2 atom stereocenters. The molecule has 1 fully saturated rings. The Bertz CT molecular complexity index is 787. The van der Waals surface area contributed by atoms with Crippen LogP contribution in [0, 0.1) is 0 Å². The first kappa shape index (κ1) is 17.0. The molecule has 1 saturated heterocycles. The van der Waals surface area contributed by atoms with Crippen LogP contribution in [0.1, 0.15) is 42.9 Å². The molecule has 2 aromatic rings. The molecule has 4 heteroatoms. The highest BCUT2D eigenvalue weighted by Gasteiger charge is 2.33. The standard InChI is InChI=1S/C22H26N2O2/c1-16-14-23(21-7-4-3-6-19(16)21)15-22(25)24-13-5-8-20(24)17-9-11-18(26-2)12-10-17/h3-4,6-7,9-12,16,20H,5,8,13-15H2,1-2H3. The highest BCUT2D eigenvalue weighted by atomic mass is 16.5. The first-order chi connectivity index (χ1) is 12.7. The SMILES string of the molecule is COc1ccc(C2CCCN2C(=O)CN2CC(C)c3ccccc32)cc1. The maximum absolute atomic E-state index is 13.1. The van der Waals surface area contributed by atoms with E-state index in [9.17, 15) is 4.79 Å². The highest BCUT2D eigenvalue weighted by molar-refractivity contribution is 5.83. The van der Waals surface area contributed by atoms with Crippen molar-refractivity contribution in [3.63, 3.8) is 0 Å². The number of rotatable bonds is 4. The summed E-state index contributed by atoms with van der Waals surface area (Å²) in [6.07, 6.45) is 2.10. The largest absolute Gasteiger partial charge is 0.497 e. The summed E-state index contributed by atoms with van der Waals surface area (Å²) >= 11 is 0. The van der Waals surface area contributed by atoms with Crippen molar-refractivity contribution < 1.29 is 9.53 Å². The molecule has 0 aromatic heterocycles. The molecule has 4 rings (SSSR count). The van der Waals surface area contributed by atoms with E-state index in [0.717, 1.165) is 31.7 Å². The van der Waals surface area contributed by atoms with E-state index in [1.807, 2.05) is 12.1 Å². The average molecular weight is 350 g/mol. The molecule has 4 nitrogen and oxygen atoms in total. The van der Waals surface area contributed by atoms with Crippen molar-refractivity contribution >= 4 is 11.6 Å². The van der Waals surface area contributed by atoms with E-state index in [1.54, 1.807) is 7.11 Å². The van der Waals surface area contributed by atoms with Crippen molar-refractivity contribution in [1.29, 1.82) is 0 Å². The van der Waals surface area contributed by atoms with Crippen LogP contribution in [0.3, 0.4) is 0 Å². The molecule has 2 heterocycles. The predicted molar refractivity (Wildman–Crippen MR) is 104 cm³/mol. The Morgan fingerprint density at radius 2 is 1.92 bits per heavy atom. The highest BCUT2D eigenvalue weighted by Crippen LogP contribution is 2.37. The third-order valence-electron chi connectivity index (χ3n) is 5.70. The lowest BCUT2D eigenvalue weighted by atomic mass is 10.0. The zero-order chi connectivity index (χ0) is 18.1. The van der Waals surface area contributed by atoms with Crippen molar-refractivity contribution in [3.8, 4) is 5.75 Å². The van der Waals surface area contributed by atoms with E-state index >= 15 is 0 Å². The third kappa shape index (κ3) is 3.05. The van der Waals surface area contributed by atoms with Gasteiger partial charge in [-0.3, -0.25) is 4.79 Å². The quantitative estimate of drug-likeness (QED) is 0.836. The van der Waals surface area contributed by atoms with Gasteiger partial charge in [-0.05, 0) is 42.2 Å². The summed E-state index contributed by atoms with van der Waals surface area (Å²) in [5, 5.41) is 0. The number of carbonyl (C=O) groups is 1. The molecule has 0 radical (unpaired) electrons. The third-order valence-corrected chi connectivity index (χ3v) is 5.70. The van der Waals surface area contributed by atoms with Crippen LogP contribution in [0.4, 0.5) is 5.69 Å². The Balaban J connectivity index is 1.49. The van der Waals surface area contributed by atoms with E-state index in [0.29, 0.717) is 12.5 Å². The number of ether oxygens (including phenoxy) is 1. The van der Waals surface area contributed by atoms with Gasteiger partial charge in [0.05, 0.1) is 19.7 Å². The summed E-state index contributed by atoms with van der Waals surface area (Å²) in [6, 6.07) is 16.8. The first-order valence-corrected chi connectivity index (χ1v) is 9.44. The lowest BCUT2D eigenvalue weighted by Gasteiger charge is -2.28. The van der Waals surface area contributed by atoms with Gasteiger partial charge >= 0.3 is 0 Å². The Labute approximate surface area is 155 Å². The summed E-state index contributed by atoms with van der Waals surface area (Å²) < 4.78 is 5.25. The molecule has 26 heavy (non-hydrogen) atoms. The predicted octanol–water partition coefficient (Wildman–Crippen LogP) is 3.98. The van der Waals surface area contributed by atoms with Crippen molar-refractivity contribution in [2.24, 2.45) is 0 Å². The fourth-order valence-electron chi connectivity index (χ4n) is 4.36. The molecule has 2 aromatic carbocycles. The second-order valence-corrected chi connectivity index (χ2v) is 7.36. The number of methoxy groups -OCH3 is 1. The Morgan fingerprint density at radius 1 is 1.15 bits per heavy atom. The molecule has 0 saturated carbocycles. The Hall–Kier alpha value is -2.49. The Kier molecular flexibility index (Phi) is 4.58. The summed E-state index contributed by atoms with van der Waals surface area (Å²) in [6.45, 7) is 4.47. The number of para-hydroxylation sites is 1. The van der Waals surface area contributed by atoms with Gasteiger partial charge < -0.3 is 14.5 Å². The lowest BCUT2D eigenvalue weighted by Crippen LogP contribution is -2.39. The molecule has 0 bridgehead atoms. The van der Waals surface area contributed by atoms with Crippen LogP contribution < -0.4 is 9.64 Å². The summed E-state index contributed by atoms with van der Waals surface area (Å²) in [5.74, 6) is 1.56. The van der Waals surface area contributed by atoms with Crippen LogP contribution in [0.15, 0.2) is 48.5 Å². The molecular weight excluding hydrogens is 324 g/mol. The van der Waals surface area contributed by atoms with Crippen molar-refractivity contribution in [3.05, 3.63) is 59.7 Å². The molecule has 2 aliphatic heterocycles. The molecule has 1 amide bonds. The molecule has 0 aliphatic carbocycles. The average Bonchev–Trinajstić information content (AvgIpc) is 3.28. The van der Waals surface area contributed by atoms with E-state index in [4.69, 9.17) is 4.74 Å². The number of benzene rings is 2. The molecule has 2 unspecified atom stereocenters. The van der Waals surface area contributed by atoms with Gasteiger partial charge in [-0.25, -0.2) is 0 Å². The zero-order valence-electron chi connectivity index (χ0n) is 15.5. The minimum Gasteiger partial charge on any atom is -0.497 e. The van der Waals surface area contributed by atoms with Gasteiger partial charge in [-0.1, -0.05) is 37.3 Å². The second-order valence-electron chi connectivity index (χ2n) is 7.36. The second kappa shape index (κ2) is 7.02. The van der Waals surface area contributed by atoms with Crippen LogP contribution in [0.5, 0.6) is 5.75 Å². The first-order valence-electron chi connectivity index (χ1n) is 9.44. The summed E-state index contributed by atoms with van der Waals surface area (Å²) in [4.78, 5) is 17.4. The summed E-state index contributed by atoms with van der Waals surface area (Å²) in [5.41, 5.74) is 3.77.